The first-order valence-electron chi connectivity index (χ1n) is 8.68. The molecule has 232 valence electrons. The minimum atomic E-state index is -7.17. The second-order valence-electron chi connectivity index (χ2n) is 7.06. The average Bonchev–Trinajstić information content (AvgIpc) is 2.56. The monoisotopic (exact) mass is 646 g/mol. The summed E-state index contributed by atoms with van der Waals surface area (Å²) in [6, 6.07) is 0. The molecule has 38 heavy (non-hydrogen) atoms. The van der Waals surface area contributed by atoms with Gasteiger partial charge in [0.1, 0.15) is 0 Å². The highest BCUT2D eigenvalue weighted by Gasteiger charge is 2.81. The molecule has 9 nitrogen and oxygen atoms in total. The highest BCUT2D eigenvalue weighted by atomic mass is 32.2. The number of alkyl halides is 14. The van der Waals surface area contributed by atoms with Gasteiger partial charge in [-0.3, -0.25) is 13.8 Å². The summed E-state index contributed by atoms with van der Waals surface area (Å²) in [4.78, 5) is 0. The van der Waals surface area contributed by atoms with Gasteiger partial charge in [0.2, 0.25) is 0 Å². The van der Waals surface area contributed by atoms with Gasteiger partial charge in [0, 0.05) is 0 Å². The zero-order chi connectivity index (χ0) is 31.8. The molecule has 0 radical (unpaired) electrons. The molecule has 0 heterocycles. The van der Waals surface area contributed by atoms with Crippen LogP contribution in [0.1, 0.15) is 27.7 Å². The van der Waals surface area contributed by atoms with Crippen LogP contribution in [0.3, 0.4) is 0 Å². The third-order valence-corrected chi connectivity index (χ3v) is 4.87. The van der Waals surface area contributed by atoms with Crippen molar-refractivity contribution in [1.82, 2.24) is 0 Å². The van der Waals surface area contributed by atoms with E-state index in [2.05, 4.69) is 9.47 Å². The lowest BCUT2D eigenvalue weighted by Crippen LogP contribution is -2.64. The molecule has 0 fully saturated rings. The topological polar surface area (TPSA) is 136 Å². The van der Waals surface area contributed by atoms with Crippen molar-refractivity contribution in [1.29, 1.82) is 0 Å². The molecule has 1 atom stereocenters. The van der Waals surface area contributed by atoms with E-state index in [4.69, 9.17) is 9.11 Å². The average molecular weight is 646 g/mol. The van der Waals surface area contributed by atoms with E-state index in [9.17, 15) is 78.3 Å². The Labute approximate surface area is 203 Å². The summed E-state index contributed by atoms with van der Waals surface area (Å²) in [5.41, 5.74) is 0. The summed E-state index contributed by atoms with van der Waals surface area (Å²) in [6.45, 7) is 3.23. The molecule has 0 aromatic heterocycles. The molecular weight excluding hydrogens is 630 g/mol. The van der Waals surface area contributed by atoms with Crippen LogP contribution in [0.4, 0.5) is 61.5 Å². The van der Waals surface area contributed by atoms with E-state index >= 15 is 0 Å². The molecular formula is C13H16F14O9S2. The van der Waals surface area contributed by atoms with Gasteiger partial charge in [0.15, 0.2) is 0 Å². The van der Waals surface area contributed by atoms with Crippen molar-refractivity contribution in [2.45, 2.75) is 80.8 Å². The van der Waals surface area contributed by atoms with Crippen molar-refractivity contribution in [3.8, 4) is 0 Å². The van der Waals surface area contributed by atoms with Gasteiger partial charge in [-0.2, -0.15) is 78.3 Å². The normalized spacial score (nSPS) is 16.8. The Bertz CT molecular complexity index is 1010. The number of hydrogen-bond donors (Lipinski definition) is 2. The standard InChI is InChI=1S/C8H8F10O5S.C5H8F4O4S/c1-3(2)22-6(13,14)4(9,5(10,11)12)23-7(15,16)8(17,18)24(19,20)21;1-3(2)13-4(6,7)5(8,9)14(10,11)12/h3H,1-2H3,(H,19,20,21);3H,1-2H3,(H,10,11,12). The summed E-state index contributed by atoms with van der Waals surface area (Å²) < 4.78 is 242. The molecule has 0 bridgehead atoms. The van der Waals surface area contributed by atoms with Crippen LogP contribution in [0.15, 0.2) is 0 Å². The van der Waals surface area contributed by atoms with E-state index in [0.717, 1.165) is 13.8 Å². The Balaban J connectivity index is 0. The molecule has 0 aliphatic heterocycles. The lowest BCUT2D eigenvalue weighted by atomic mass is 10.2. The fraction of sp³-hybridized carbons (Fsp3) is 1.00. The van der Waals surface area contributed by atoms with Gasteiger partial charge in [-0.1, -0.05) is 0 Å². The lowest BCUT2D eigenvalue weighted by Gasteiger charge is -2.37. The van der Waals surface area contributed by atoms with Crippen LogP contribution in [0.25, 0.3) is 0 Å². The summed E-state index contributed by atoms with van der Waals surface area (Å²) in [6.07, 6.45) is -29.0. The molecule has 1 unspecified atom stereocenters. The van der Waals surface area contributed by atoms with Crippen LogP contribution in [0.2, 0.25) is 0 Å². The zero-order valence-corrected chi connectivity index (χ0v) is 20.1. The molecule has 0 aromatic carbocycles. The molecule has 0 amide bonds. The van der Waals surface area contributed by atoms with Crippen molar-refractivity contribution in [3.05, 3.63) is 0 Å². The second kappa shape index (κ2) is 11.3. The van der Waals surface area contributed by atoms with Crippen molar-refractivity contribution in [2.75, 3.05) is 0 Å². The number of hydrogen-bond acceptors (Lipinski definition) is 7. The molecule has 2 N–H and O–H groups in total. The third kappa shape index (κ3) is 8.36. The van der Waals surface area contributed by atoms with Gasteiger partial charge in [0.05, 0.1) is 12.2 Å². The van der Waals surface area contributed by atoms with Gasteiger partial charge >= 0.3 is 61.1 Å². The molecule has 0 spiro atoms. The molecule has 0 saturated heterocycles. The van der Waals surface area contributed by atoms with E-state index in [1.165, 1.54) is 0 Å². The molecule has 25 heteroatoms. The molecule has 0 saturated carbocycles. The molecule has 0 aromatic rings. The summed E-state index contributed by atoms with van der Waals surface area (Å²) in [7, 11) is -13.4. The maximum Gasteiger partial charge on any atom is 0.460 e. The minimum Gasteiger partial charge on any atom is -0.313 e. The fourth-order valence-corrected chi connectivity index (χ4v) is 2.25. The van der Waals surface area contributed by atoms with Crippen molar-refractivity contribution in [2.24, 2.45) is 0 Å². The second-order valence-corrected chi connectivity index (χ2v) is 9.99. The zero-order valence-electron chi connectivity index (χ0n) is 18.5. The largest absolute Gasteiger partial charge is 0.460 e. The van der Waals surface area contributed by atoms with Crippen LogP contribution < -0.4 is 0 Å². The van der Waals surface area contributed by atoms with E-state index in [1.54, 1.807) is 0 Å². The predicted octanol–water partition coefficient (Wildman–Crippen LogP) is 4.81. The minimum absolute atomic E-state index is 0.607. The van der Waals surface area contributed by atoms with Crippen molar-refractivity contribution < 1.29 is 102 Å². The Morgan fingerprint density at radius 2 is 0.789 bits per heavy atom. The third-order valence-electron chi connectivity index (χ3n) is 3.10. The first-order chi connectivity index (χ1) is 16.0. The fourth-order valence-electron chi connectivity index (χ4n) is 1.56. The van der Waals surface area contributed by atoms with Gasteiger partial charge in [-0.05, 0) is 27.7 Å². The Morgan fingerprint density at radius 3 is 1.03 bits per heavy atom. The van der Waals surface area contributed by atoms with Crippen LogP contribution in [-0.2, 0) is 34.4 Å². The first kappa shape index (κ1) is 38.9. The van der Waals surface area contributed by atoms with Crippen LogP contribution in [0, 0.1) is 0 Å². The smallest absolute Gasteiger partial charge is 0.313 e. The van der Waals surface area contributed by atoms with Gasteiger partial charge in [-0.25, -0.2) is 0 Å². The van der Waals surface area contributed by atoms with Gasteiger partial charge in [-0.15, -0.1) is 0 Å². The van der Waals surface area contributed by atoms with Crippen LogP contribution in [0.5, 0.6) is 0 Å². The number of rotatable bonds is 11. The highest BCUT2D eigenvalue weighted by Crippen LogP contribution is 2.53. The SMILES string of the molecule is CC(C)OC(F)(F)C(F)(F)S(=O)(=O)O.CC(C)OC(F)(F)C(F)(OC(F)(F)C(F)(F)S(=O)(=O)O)C(F)(F)F. The summed E-state index contributed by atoms with van der Waals surface area (Å²) in [5.74, 6) is -6.89. The van der Waals surface area contributed by atoms with Crippen LogP contribution in [-0.4, -0.2) is 79.0 Å². The highest BCUT2D eigenvalue weighted by molar-refractivity contribution is 7.87. The Kier molecular flexibility index (Phi) is 11.6. The molecule has 0 aliphatic rings. The molecule has 0 rings (SSSR count). The quantitative estimate of drug-likeness (QED) is 0.240. The number of halogens is 14. The lowest BCUT2D eigenvalue weighted by molar-refractivity contribution is -0.515. The maximum absolute atomic E-state index is 13.5. The van der Waals surface area contributed by atoms with Gasteiger partial charge in [0.25, 0.3) is 0 Å². The van der Waals surface area contributed by atoms with E-state index < -0.39 is 73.3 Å². The number of ether oxygens (including phenoxy) is 3. The van der Waals surface area contributed by atoms with E-state index in [0.29, 0.717) is 13.8 Å². The summed E-state index contributed by atoms with van der Waals surface area (Å²) in [5, 5.41) is -12.6. The Morgan fingerprint density at radius 1 is 0.526 bits per heavy atom. The summed E-state index contributed by atoms with van der Waals surface area (Å²) >= 11 is 0. The van der Waals surface area contributed by atoms with E-state index in [-0.39, 0.29) is 0 Å². The van der Waals surface area contributed by atoms with Crippen molar-refractivity contribution >= 4 is 20.2 Å². The maximum atomic E-state index is 13.5. The predicted molar refractivity (Wildman–Crippen MR) is 91.3 cm³/mol. The van der Waals surface area contributed by atoms with Crippen LogP contribution >= 0.6 is 0 Å². The molecule has 0 aliphatic carbocycles. The first-order valence-corrected chi connectivity index (χ1v) is 11.6. The van der Waals surface area contributed by atoms with Crippen molar-refractivity contribution in [3.63, 3.8) is 0 Å². The van der Waals surface area contributed by atoms with E-state index in [1.807, 2.05) is 4.74 Å². The Hall–Kier alpha value is -1.28. The van der Waals surface area contributed by atoms with Gasteiger partial charge < -0.3 is 9.47 Å².